The molecular formula is C23H19ClN2O3. The number of fused-ring (bicyclic) bond motifs is 5. The Morgan fingerprint density at radius 3 is 2.24 bits per heavy atom. The van der Waals surface area contributed by atoms with Gasteiger partial charge < -0.3 is 5.32 Å². The van der Waals surface area contributed by atoms with Gasteiger partial charge in [0.25, 0.3) is 5.91 Å². The van der Waals surface area contributed by atoms with Crippen LogP contribution in [0.5, 0.6) is 0 Å². The molecule has 2 aromatic rings. The minimum absolute atomic E-state index is 0.122. The number of hydrogen-bond donors (Lipinski definition) is 1. The third-order valence-electron chi connectivity index (χ3n) is 6.31. The summed E-state index contributed by atoms with van der Waals surface area (Å²) in [6.45, 7) is 1.89. The molecule has 1 aliphatic heterocycles. The monoisotopic (exact) mass is 406 g/mol. The number of hydrogen-bond acceptors (Lipinski definition) is 3. The molecule has 146 valence electrons. The van der Waals surface area contributed by atoms with Crippen LogP contribution in [0.1, 0.15) is 22.3 Å². The number of halogens is 1. The first-order valence-electron chi connectivity index (χ1n) is 9.68. The van der Waals surface area contributed by atoms with E-state index < -0.39 is 0 Å². The lowest BCUT2D eigenvalue weighted by molar-refractivity contribution is -0.123. The number of nitrogens with zero attached hydrogens (tertiary/aromatic N) is 1. The third-order valence-corrected chi connectivity index (χ3v) is 6.54. The molecule has 1 N–H and O–H groups in total. The number of aryl methyl sites for hydroxylation is 1. The van der Waals surface area contributed by atoms with E-state index >= 15 is 0 Å². The molecule has 29 heavy (non-hydrogen) atoms. The Morgan fingerprint density at radius 1 is 1.00 bits per heavy atom. The SMILES string of the molecule is Cc1ccc(Cl)cc1NC(=O)c1ccc(N2C(=O)[C@@H]3[C@@H](C2=O)[C@H]2C=C[C@H]3C2)cc1. The van der Waals surface area contributed by atoms with Crippen LogP contribution >= 0.6 is 11.6 Å². The van der Waals surface area contributed by atoms with Crippen molar-refractivity contribution in [1.82, 2.24) is 0 Å². The summed E-state index contributed by atoms with van der Waals surface area (Å²) >= 11 is 6.01. The maximum atomic E-state index is 12.9. The summed E-state index contributed by atoms with van der Waals surface area (Å²) in [6.07, 6.45) is 5.06. The Balaban J connectivity index is 1.36. The molecule has 2 bridgehead atoms. The molecule has 1 heterocycles. The fourth-order valence-electron chi connectivity index (χ4n) is 4.84. The van der Waals surface area contributed by atoms with Crippen molar-refractivity contribution in [2.75, 3.05) is 10.2 Å². The van der Waals surface area contributed by atoms with E-state index in [1.165, 1.54) is 4.90 Å². The van der Waals surface area contributed by atoms with E-state index in [2.05, 4.69) is 17.5 Å². The van der Waals surface area contributed by atoms with Crippen molar-refractivity contribution in [1.29, 1.82) is 0 Å². The van der Waals surface area contributed by atoms with Crippen LogP contribution in [-0.2, 0) is 9.59 Å². The van der Waals surface area contributed by atoms with Crippen LogP contribution in [0.25, 0.3) is 0 Å². The van der Waals surface area contributed by atoms with Gasteiger partial charge in [-0.2, -0.15) is 0 Å². The van der Waals surface area contributed by atoms with Crippen LogP contribution in [0, 0.1) is 30.6 Å². The number of imide groups is 1. The zero-order valence-corrected chi connectivity index (χ0v) is 16.5. The maximum absolute atomic E-state index is 12.9. The second-order valence-corrected chi connectivity index (χ2v) is 8.41. The number of benzene rings is 2. The van der Waals surface area contributed by atoms with Crippen LogP contribution in [0.15, 0.2) is 54.6 Å². The van der Waals surface area contributed by atoms with Gasteiger partial charge in [-0.05, 0) is 67.1 Å². The highest BCUT2D eigenvalue weighted by atomic mass is 35.5. The number of nitrogens with one attached hydrogen (secondary N) is 1. The average molecular weight is 407 g/mol. The molecule has 1 saturated carbocycles. The Hall–Kier alpha value is -2.92. The zero-order valence-electron chi connectivity index (χ0n) is 15.8. The van der Waals surface area contributed by atoms with Crippen LogP contribution in [0.3, 0.4) is 0 Å². The lowest BCUT2D eigenvalue weighted by Crippen LogP contribution is -2.32. The summed E-state index contributed by atoms with van der Waals surface area (Å²) in [5.74, 6) is -0.625. The number of carbonyl (C=O) groups excluding carboxylic acids is 3. The van der Waals surface area contributed by atoms with Crippen molar-refractivity contribution < 1.29 is 14.4 Å². The second kappa shape index (κ2) is 6.56. The van der Waals surface area contributed by atoms with Crippen LogP contribution in [0.4, 0.5) is 11.4 Å². The predicted molar refractivity (Wildman–Crippen MR) is 111 cm³/mol. The van der Waals surface area contributed by atoms with Gasteiger partial charge in [0, 0.05) is 16.3 Å². The van der Waals surface area contributed by atoms with Gasteiger partial charge in [0.1, 0.15) is 0 Å². The van der Waals surface area contributed by atoms with Crippen molar-refractivity contribution >= 4 is 40.7 Å². The molecule has 2 aliphatic carbocycles. The summed E-state index contributed by atoms with van der Waals surface area (Å²) in [5.41, 5.74) is 2.51. The summed E-state index contributed by atoms with van der Waals surface area (Å²) in [5, 5.41) is 3.39. The topological polar surface area (TPSA) is 66.5 Å². The fourth-order valence-corrected chi connectivity index (χ4v) is 5.01. The van der Waals surface area contributed by atoms with E-state index in [1.54, 1.807) is 36.4 Å². The molecule has 3 amide bonds. The van der Waals surface area contributed by atoms with Gasteiger partial charge in [0.2, 0.25) is 11.8 Å². The molecule has 1 saturated heterocycles. The van der Waals surface area contributed by atoms with E-state index in [4.69, 9.17) is 11.6 Å². The number of rotatable bonds is 3. The number of amides is 3. The standard InChI is InChI=1S/C23H19ClN2O3/c1-12-2-7-16(24)11-18(12)25-21(27)13-5-8-17(9-6-13)26-22(28)19-14-3-4-15(10-14)20(19)23(26)29/h2-9,11,14-15,19-20H,10H2,1H3,(H,25,27)/t14-,15-,19-,20-/m0/s1. The number of anilines is 2. The Kier molecular flexibility index (Phi) is 4.10. The molecule has 5 nitrogen and oxygen atoms in total. The number of allylic oxidation sites excluding steroid dienone is 2. The Bertz CT molecular complexity index is 1050. The summed E-state index contributed by atoms with van der Waals surface area (Å²) < 4.78 is 0. The van der Waals surface area contributed by atoms with Gasteiger partial charge in [-0.1, -0.05) is 29.8 Å². The average Bonchev–Trinajstić information content (AvgIpc) is 3.39. The molecular weight excluding hydrogens is 388 g/mol. The summed E-state index contributed by atoms with van der Waals surface area (Å²) in [6, 6.07) is 11.9. The van der Waals surface area contributed by atoms with Crippen molar-refractivity contribution in [3.8, 4) is 0 Å². The van der Waals surface area contributed by atoms with Gasteiger partial charge in [0.15, 0.2) is 0 Å². The van der Waals surface area contributed by atoms with Gasteiger partial charge in [0.05, 0.1) is 17.5 Å². The highest BCUT2D eigenvalue weighted by Crippen LogP contribution is 2.53. The van der Waals surface area contributed by atoms with E-state index in [1.807, 2.05) is 13.0 Å². The third kappa shape index (κ3) is 2.80. The summed E-state index contributed by atoms with van der Waals surface area (Å²) in [7, 11) is 0. The second-order valence-electron chi connectivity index (χ2n) is 7.97. The van der Waals surface area contributed by atoms with Crippen molar-refractivity contribution in [2.45, 2.75) is 13.3 Å². The largest absolute Gasteiger partial charge is 0.322 e. The van der Waals surface area contributed by atoms with Gasteiger partial charge in [-0.3, -0.25) is 19.3 Å². The molecule has 5 rings (SSSR count). The van der Waals surface area contributed by atoms with Gasteiger partial charge in [-0.25, -0.2) is 0 Å². The molecule has 0 aromatic heterocycles. The lowest BCUT2D eigenvalue weighted by Gasteiger charge is -2.17. The first-order chi connectivity index (χ1) is 13.9. The normalized spacial score (nSPS) is 26.9. The van der Waals surface area contributed by atoms with Gasteiger partial charge >= 0.3 is 0 Å². The fraction of sp³-hybridized carbons (Fsp3) is 0.261. The summed E-state index contributed by atoms with van der Waals surface area (Å²) in [4.78, 5) is 39.7. The van der Waals surface area contributed by atoms with Crippen molar-refractivity contribution in [3.05, 3.63) is 70.8 Å². The van der Waals surface area contributed by atoms with Crippen molar-refractivity contribution in [2.24, 2.45) is 23.7 Å². The highest BCUT2D eigenvalue weighted by Gasteiger charge is 2.59. The highest BCUT2D eigenvalue weighted by molar-refractivity contribution is 6.31. The van der Waals surface area contributed by atoms with E-state index in [0.717, 1.165) is 12.0 Å². The molecule has 3 aliphatic rings. The molecule has 0 radical (unpaired) electrons. The van der Waals surface area contributed by atoms with E-state index in [-0.39, 0.29) is 41.4 Å². The quantitative estimate of drug-likeness (QED) is 0.613. The molecule has 0 unspecified atom stereocenters. The Labute approximate surface area is 173 Å². The molecule has 0 spiro atoms. The van der Waals surface area contributed by atoms with E-state index in [0.29, 0.717) is 22.0 Å². The van der Waals surface area contributed by atoms with Crippen LogP contribution in [0.2, 0.25) is 5.02 Å². The minimum atomic E-state index is -0.278. The van der Waals surface area contributed by atoms with Crippen LogP contribution in [-0.4, -0.2) is 17.7 Å². The van der Waals surface area contributed by atoms with Crippen molar-refractivity contribution in [3.63, 3.8) is 0 Å². The lowest BCUT2D eigenvalue weighted by atomic mass is 9.85. The van der Waals surface area contributed by atoms with Gasteiger partial charge in [-0.15, -0.1) is 0 Å². The Morgan fingerprint density at radius 2 is 1.62 bits per heavy atom. The van der Waals surface area contributed by atoms with Crippen LogP contribution < -0.4 is 10.2 Å². The number of carbonyl (C=O) groups is 3. The first-order valence-corrected chi connectivity index (χ1v) is 10.1. The zero-order chi connectivity index (χ0) is 20.3. The first kappa shape index (κ1) is 18.1. The predicted octanol–water partition coefficient (Wildman–Crippen LogP) is 4.21. The molecule has 4 atom stereocenters. The molecule has 2 fully saturated rings. The minimum Gasteiger partial charge on any atom is -0.322 e. The maximum Gasteiger partial charge on any atom is 0.255 e. The smallest absolute Gasteiger partial charge is 0.255 e. The molecule has 6 heteroatoms. The van der Waals surface area contributed by atoms with E-state index in [9.17, 15) is 14.4 Å². The molecule has 2 aromatic carbocycles.